The molecule has 0 saturated carbocycles. The van der Waals surface area contributed by atoms with Gasteiger partial charge < -0.3 is 4.42 Å². The van der Waals surface area contributed by atoms with E-state index in [0.717, 1.165) is 32.9 Å². The van der Waals surface area contributed by atoms with E-state index < -0.39 is 0 Å². The minimum Gasteiger partial charge on any atom is -0.431 e. The van der Waals surface area contributed by atoms with Gasteiger partial charge >= 0.3 is 0 Å². The zero-order valence-electron chi connectivity index (χ0n) is 14.6. The summed E-state index contributed by atoms with van der Waals surface area (Å²) in [6.45, 7) is 1.89. The second-order valence-corrected chi connectivity index (χ2v) is 7.71. The van der Waals surface area contributed by atoms with E-state index in [1.54, 1.807) is 0 Å². The van der Waals surface area contributed by atoms with Crippen molar-refractivity contribution < 1.29 is 9.21 Å². The molecule has 132 valence electrons. The van der Waals surface area contributed by atoms with Crippen LogP contribution in [0.3, 0.4) is 0 Å². The van der Waals surface area contributed by atoms with Gasteiger partial charge in [-0.2, -0.15) is 0 Å². The van der Waals surface area contributed by atoms with Crippen molar-refractivity contribution in [3.63, 3.8) is 0 Å². The molecular formula is C22H16N2O2S. The molecule has 0 amide bonds. The highest BCUT2D eigenvalue weighted by molar-refractivity contribution is 8.00. The largest absolute Gasteiger partial charge is 0.431 e. The zero-order valence-corrected chi connectivity index (χ0v) is 15.4. The van der Waals surface area contributed by atoms with Crippen LogP contribution in [-0.4, -0.2) is 20.7 Å². The maximum absolute atomic E-state index is 13.3. The van der Waals surface area contributed by atoms with Crippen LogP contribution in [0.5, 0.6) is 0 Å². The van der Waals surface area contributed by atoms with Gasteiger partial charge in [-0.3, -0.25) is 9.36 Å². The number of carbonyl (C=O) groups is 1. The van der Waals surface area contributed by atoms with Crippen molar-refractivity contribution in [2.75, 3.05) is 0 Å². The van der Waals surface area contributed by atoms with E-state index in [4.69, 9.17) is 4.42 Å². The molecule has 0 aliphatic heterocycles. The third-order valence-electron chi connectivity index (χ3n) is 4.70. The molecule has 0 bridgehead atoms. The highest BCUT2D eigenvalue weighted by atomic mass is 32.2. The lowest BCUT2D eigenvalue weighted by atomic mass is 10.2. The molecule has 0 aliphatic carbocycles. The number of carbonyl (C=O) groups excluding carboxylic acids is 1. The molecule has 5 heteroatoms. The van der Waals surface area contributed by atoms with Crippen LogP contribution < -0.4 is 0 Å². The lowest BCUT2D eigenvalue weighted by Crippen LogP contribution is -2.21. The normalized spacial score (nSPS) is 12.8. The molecule has 27 heavy (non-hydrogen) atoms. The maximum atomic E-state index is 13.3. The Morgan fingerprint density at radius 3 is 2.19 bits per heavy atom. The van der Waals surface area contributed by atoms with Gasteiger partial charge in [0.25, 0.3) is 5.22 Å². The van der Waals surface area contributed by atoms with Crippen molar-refractivity contribution in [3.05, 3.63) is 72.8 Å². The summed E-state index contributed by atoms with van der Waals surface area (Å²) in [6.07, 6.45) is 0. The van der Waals surface area contributed by atoms with Crippen LogP contribution in [0.2, 0.25) is 0 Å². The first kappa shape index (κ1) is 16.1. The van der Waals surface area contributed by atoms with E-state index in [2.05, 4.69) is 17.1 Å². The van der Waals surface area contributed by atoms with E-state index in [1.165, 1.54) is 11.8 Å². The Kier molecular flexibility index (Phi) is 3.76. The maximum Gasteiger partial charge on any atom is 0.257 e. The minimum atomic E-state index is -0.336. The SMILES string of the molecule is C[C@@H](Sc1nc2ccccc2o1)C(=O)n1c2ccccc2c2ccccc21. The highest BCUT2D eigenvalue weighted by Crippen LogP contribution is 2.32. The van der Waals surface area contributed by atoms with E-state index in [9.17, 15) is 4.79 Å². The fourth-order valence-corrected chi connectivity index (χ4v) is 4.24. The van der Waals surface area contributed by atoms with Crippen molar-refractivity contribution in [1.82, 2.24) is 9.55 Å². The summed E-state index contributed by atoms with van der Waals surface area (Å²) in [5, 5.41) is 2.34. The van der Waals surface area contributed by atoms with Gasteiger partial charge in [0.15, 0.2) is 5.58 Å². The third kappa shape index (κ3) is 2.62. The topological polar surface area (TPSA) is 48.0 Å². The monoisotopic (exact) mass is 372 g/mol. The molecule has 0 aliphatic rings. The molecule has 5 aromatic rings. The Morgan fingerprint density at radius 2 is 1.52 bits per heavy atom. The summed E-state index contributed by atoms with van der Waals surface area (Å²) in [6, 6.07) is 23.6. The minimum absolute atomic E-state index is 0.0136. The summed E-state index contributed by atoms with van der Waals surface area (Å²) in [5.74, 6) is 0.0136. The van der Waals surface area contributed by atoms with Gasteiger partial charge in [0.2, 0.25) is 5.91 Å². The number of oxazole rings is 1. The van der Waals surface area contributed by atoms with Crippen molar-refractivity contribution in [2.45, 2.75) is 17.4 Å². The fraction of sp³-hybridized carbons (Fsp3) is 0.0909. The van der Waals surface area contributed by atoms with Gasteiger partial charge in [-0.25, -0.2) is 4.98 Å². The number of benzene rings is 3. The first-order chi connectivity index (χ1) is 13.2. The summed E-state index contributed by atoms with van der Waals surface area (Å²) in [5.41, 5.74) is 3.38. The van der Waals surface area contributed by atoms with Crippen LogP contribution in [0.15, 0.2) is 82.4 Å². The predicted octanol–water partition coefficient (Wildman–Crippen LogP) is 5.76. The molecule has 1 atom stereocenters. The lowest BCUT2D eigenvalue weighted by molar-refractivity contribution is 0.0925. The number of nitrogens with zero attached hydrogens (tertiary/aromatic N) is 2. The van der Waals surface area contributed by atoms with E-state index in [0.29, 0.717) is 5.22 Å². The molecule has 0 radical (unpaired) electrons. The fourth-order valence-electron chi connectivity index (χ4n) is 3.44. The summed E-state index contributed by atoms with van der Waals surface area (Å²) >= 11 is 1.34. The second kappa shape index (κ2) is 6.28. The summed E-state index contributed by atoms with van der Waals surface area (Å²) < 4.78 is 7.58. The van der Waals surface area contributed by atoms with Crippen LogP contribution in [0.25, 0.3) is 32.9 Å². The average molecular weight is 372 g/mol. The smallest absolute Gasteiger partial charge is 0.257 e. The van der Waals surface area contributed by atoms with Gasteiger partial charge in [0.05, 0.1) is 16.3 Å². The van der Waals surface area contributed by atoms with Gasteiger partial charge in [-0.15, -0.1) is 0 Å². The Morgan fingerprint density at radius 1 is 0.926 bits per heavy atom. The first-order valence-electron chi connectivity index (χ1n) is 8.77. The molecule has 3 aromatic carbocycles. The van der Waals surface area contributed by atoms with E-state index in [-0.39, 0.29) is 11.2 Å². The number of thioether (sulfide) groups is 1. The molecule has 5 rings (SSSR count). The van der Waals surface area contributed by atoms with Gasteiger partial charge in [-0.05, 0) is 31.2 Å². The Bertz CT molecular complexity index is 1220. The zero-order chi connectivity index (χ0) is 18.4. The first-order valence-corrected chi connectivity index (χ1v) is 9.65. The molecule has 0 saturated heterocycles. The van der Waals surface area contributed by atoms with Gasteiger partial charge in [-0.1, -0.05) is 60.3 Å². The molecular weight excluding hydrogens is 356 g/mol. The van der Waals surface area contributed by atoms with E-state index >= 15 is 0 Å². The number of hydrogen-bond acceptors (Lipinski definition) is 4. The van der Waals surface area contributed by atoms with Gasteiger partial charge in [0, 0.05) is 10.8 Å². The Hall–Kier alpha value is -3.05. The summed E-state index contributed by atoms with van der Waals surface area (Å²) in [4.78, 5) is 17.8. The molecule has 2 heterocycles. The van der Waals surface area contributed by atoms with Crippen molar-refractivity contribution in [3.8, 4) is 0 Å². The van der Waals surface area contributed by atoms with Crippen molar-refractivity contribution in [2.24, 2.45) is 0 Å². The predicted molar refractivity (Wildman–Crippen MR) is 109 cm³/mol. The highest BCUT2D eigenvalue weighted by Gasteiger charge is 2.23. The van der Waals surface area contributed by atoms with Crippen molar-refractivity contribution in [1.29, 1.82) is 0 Å². The summed E-state index contributed by atoms with van der Waals surface area (Å²) in [7, 11) is 0. The third-order valence-corrected chi connectivity index (χ3v) is 5.63. The number of fused-ring (bicyclic) bond motifs is 4. The van der Waals surface area contributed by atoms with E-state index in [1.807, 2.05) is 72.2 Å². The van der Waals surface area contributed by atoms with Crippen LogP contribution in [0, 0.1) is 0 Å². The number of hydrogen-bond donors (Lipinski definition) is 0. The Balaban J connectivity index is 1.56. The quantitative estimate of drug-likeness (QED) is 0.378. The Labute approximate surface area is 159 Å². The van der Waals surface area contributed by atoms with Gasteiger partial charge in [0.1, 0.15) is 5.52 Å². The molecule has 0 unspecified atom stereocenters. The molecule has 0 N–H and O–H groups in total. The van der Waals surface area contributed by atoms with Crippen LogP contribution in [0.1, 0.15) is 11.7 Å². The molecule has 2 aromatic heterocycles. The standard InChI is InChI=1S/C22H16N2O2S/c1-14(27-22-23-17-10-4-7-13-20(17)26-22)21(25)24-18-11-5-2-8-15(18)16-9-3-6-12-19(16)24/h2-14H,1H3/t14-/m1/s1. The molecule has 0 spiro atoms. The number of rotatable bonds is 3. The average Bonchev–Trinajstić information content (AvgIpc) is 3.25. The van der Waals surface area contributed by atoms with Crippen LogP contribution in [-0.2, 0) is 0 Å². The van der Waals surface area contributed by atoms with Crippen LogP contribution in [0.4, 0.5) is 0 Å². The van der Waals surface area contributed by atoms with Crippen LogP contribution >= 0.6 is 11.8 Å². The van der Waals surface area contributed by atoms with Crippen molar-refractivity contribution >= 4 is 50.6 Å². The lowest BCUT2D eigenvalue weighted by Gasteiger charge is -2.11. The molecule has 4 nitrogen and oxygen atoms in total. The second-order valence-electron chi connectivity index (χ2n) is 6.42. The number of para-hydroxylation sites is 4. The molecule has 0 fully saturated rings. The number of aromatic nitrogens is 2.